The minimum atomic E-state index is -0.457. The van der Waals surface area contributed by atoms with E-state index in [9.17, 15) is 9.59 Å². The van der Waals surface area contributed by atoms with Gasteiger partial charge in [0.1, 0.15) is 5.25 Å². The van der Waals surface area contributed by atoms with E-state index in [2.05, 4.69) is 17.2 Å². The minimum absolute atomic E-state index is 0.0941. The Balaban J connectivity index is 1.69. The molecule has 2 aromatic carbocycles. The van der Waals surface area contributed by atoms with Crippen molar-refractivity contribution in [2.75, 3.05) is 12.4 Å². The summed E-state index contributed by atoms with van der Waals surface area (Å²) in [4.78, 5) is 31.2. The molecule has 1 N–H and O–H groups in total. The second kappa shape index (κ2) is 8.19. The van der Waals surface area contributed by atoms with Crippen LogP contribution in [0.2, 0.25) is 0 Å². The second-order valence-electron chi connectivity index (χ2n) is 7.24. The van der Waals surface area contributed by atoms with Gasteiger partial charge in [-0.1, -0.05) is 35.5 Å². The maximum Gasteiger partial charge on any atom is 0.242 e. The van der Waals surface area contributed by atoms with Crippen LogP contribution in [0.1, 0.15) is 28.7 Å². The number of carbonyl (C=O) groups is 2. The molecule has 0 bridgehead atoms. The Morgan fingerprint density at radius 1 is 1.07 bits per heavy atom. The highest BCUT2D eigenvalue weighted by Crippen LogP contribution is 2.31. The third-order valence-electron chi connectivity index (χ3n) is 4.88. The molecular weight excluding hydrogens is 370 g/mol. The zero-order valence-corrected chi connectivity index (χ0v) is 17.7. The van der Waals surface area contributed by atoms with Crippen LogP contribution in [-0.4, -0.2) is 34.2 Å². The molecule has 1 saturated heterocycles. The first-order valence-corrected chi connectivity index (χ1v) is 10.1. The van der Waals surface area contributed by atoms with Gasteiger partial charge in [-0.2, -0.15) is 0 Å². The summed E-state index contributed by atoms with van der Waals surface area (Å²) in [6.45, 7) is 8.06. The van der Waals surface area contributed by atoms with Gasteiger partial charge in [-0.05, 0) is 62.6 Å². The fourth-order valence-corrected chi connectivity index (χ4v) is 4.18. The number of hydrogen-bond donors (Lipinski definition) is 1. The van der Waals surface area contributed by atoms with E-state index in [4.69, 9.17) is 0 Å². The van der Waals surface area contributed by atoms with Gasteiger partial charge in [-0.3, -0.25) is 14.5 Å². The Morgan fingerprint density at radius 2 is 1.82 bits per heavy atom. The third kappa shape index (κ3) is 4.44. The lowest BCUT2D eigenvalue weighted by Gasteiger charge is -2.11. The first kappa shape index (κ1) is 20.1. The zero-order valence-electron chi connectivity index (χ0n) is 16.9. The molecule has 0 unspecified atom stereocenters. The van der Waals surface area contributed by atoms with Crippen LogP contribution in [-0.2, 0) is 9.59 Å². The van der Waals surface area contributed by atoms with Crippen molar-refractivity contribution in [2.45, 2.75) is 39.4 Å². The van der Waals surface area contributed by atoms with Crippen LogP contribution in [0.5, 0.6) is 0 Å². The van der Waals surface area contributed by atoms with Gasteiger partial charge in [0.15, 0.2) is 5.17 Å². The number of thioether (sulfide) groups is 1. The molecule has 1 aliphatic heterocycles. The Labute approximate surface area is 170 Å². The fourth-order valence-electron chi connectivity index (χ4n) is 3.03. The SMILES string of the molecule is Cc1ccc(NC(=O)C[C@@H]2SC(=Nc3ccc(C)c(C)c3)N(C)C2=O)c(C)c1. The molecule has 6 heteroatoms. The van der Waals surface area contributed by atoms with Crippen molar-refractivity contribution < 1.29 is 9.59 Å². The molecule has 1 aliphatic rings. The normalized spacial score (nSPS) is 18.0. The van der Waals surface area contributed by atoms with Crippen molar-refractivity contribution in [1.29, 1.82) is 0 Å². The number of nitrogens with one attached hydrogen (secondary N) is 1. The number of benzene rings is 2. The summed E-state index contributed by atoms with van der Waals surface area (Å²) in [7, 11) is 1.71. The molecule has 28 heavy (non-hydrogen) atoms. The molecule has 0 aliphatic carbocycles. The van der Waals surface area contributed by atoms with Gasteiger partial charge in [-0.25, -0.2) is 4.99 Å². The summed E-state index contributed by atoms with van der Waals surface area (Å²) in [5.74, 6) is -0.262. The average Bonchev–Trinajstić information content (AvgIpc) is 2.88. The molecule has 0 radical (unpaired) electrons. The van der Waals surface area contributed by atoms with Crippen LogP contribution >= 0.6 is 11.8 Å². The number of aliphatic imine (C=N–C) groups is 1. The lowest BCUT2D eigenvalue weighted by molar-refractivity contribution is -0.127. The van der Waals surface area contributed by atoms with E-state index in [1.54, 1.807) is 7.05 Å². The van der Waals surface area contributed by atoms with Crippen LogP contribution < -0.4 is 5.32 Å². The molecule has 0 spiro atoms. The fraction of sp³-hybridized carbons (Fsp3) is 0.318. The highest BCUT2D eigenvalue weighted by Gasteiger charge is 2.37. The van der Waals surface area contributed by atoms with Gasteiger partial charge in [0.05, 0.1) is 5.69 Å². The van der Waals surface area contributed by atoms with E-state index in [0.29, 0.717) is 5.17 Å². The topological polar surface area (TPSA) is 61.8 Å². The van der Waals surface area contributed by atoms with Crippen molar-refractivity contribution in [3.8, 4) is 0 Å². The summed E-state index contributed by atoms with van der Waals surface area (Å²) >= 11 is 1.34. The van der Waals surface area contributed by atoms with E-state index in [0.717, 1.165) is 28.1 Å². The molecule has 1 heterocycles. The Bertz CT molecular complexity index is 968. The lowest BCUT2D eigenvalue weighted by atomic mass is 10.1. The Kier molecular flexibility index (Phi) is 5.89. The average molecular weight is 396 g/mol. The Hall–Kier alpha value is -2.60. The smallest absolute Gasteiger partial charge is 0.242 e. The summed E-state index contributed by atoms with van der Waals surface area (Å²) in [6.07, 6.45) is 0.118. The number of amides is 2. The van der Waals surface area contributed by atoms with Gasteiger partial charge in [-0.15, -0.1) is 0 Å². The second-order valence-corrected chi connectivity index (χ2v) is 8.41. The predicted molar refractivity (Wildman–Crippen MR) is 116 cm³/mol. The van der Waals surface area contributed by atoms with Gasteiger partial charge in [0.25, 0.3) is 0 Å². The van der Waals surface area contributed by atoms with E-state index < -0.39 is 5.25 Å². The number of rotatable bonds is 4. The number of anilines is 1. The van der Waals surface area contributed by atoms with Crippen molar-refractivity contribution in [1.82, 2.24) is 4.90 Å². The van der Waals surface area contributed by atoms with E-state index >= 15 is 0 Å². The maximum absolute atomic E-state index is 12.6. The monoisotopic (exact) mass is 395 g/mol. The summed E-state index contributed by atoms with van der Waals surface area (Å²) in [5.41, 5.74) is 6.10. The largest absolute Gasteiger partial charge is 0.326 e. The summed E-state index contributed by atoms with van der Waals surface area (Å²) in [6, 6.07) is 11.8. The van der Waals surface area contributed by atoms with Gasteiger partial charge in [0.2, 0.25) is 11.8 Å². The molecule has 1 atom stereocenters. The molecule has 0 saturated carbocycles. The quantitative estimate of drug-likeness (QED) is 0.828. The van der Waals surface area contributed by atoms with Crippen molar-refractivity contribution in [3.63, 3.8) is 0 Å². The first-order chi connectivity index (χ1) is 13.2. The number of amidine groups is 1. The molecule has 2 amide bonds. The van der Waals surface area contributed by atoms with E-state index in [1.165, 1.54) is 22.2 Å². The van der Waals surface area contributed by atoms with Crippen LogP contribution in [0, 0.1) is 27.7 Å². The van der Waals surface area contributed by atoms with Gasteiger partial charge in [0, 0.05) is 19.2 Å². The number of aryl methyl sites for hydroxylation is 4. The maximum atomic E-state index is 12.6. The van der Waals surface area contributed by atoms with Crippen molar-refractivity contribution >= 4 is 40.1 Å². The van der Waals surface area contributed by atoms with Gasteiger partial charge < -0.3 is 5.32 Å². The summed E-state index contributed by atoms with van der Waals surface area (Å²) in [5, 5.41) is 3.08. The summed E-state index contributed by atoms with van der Waals surface area (Å²) < 4.78 is 0. The molecule has 2 aromatic rings. The van der Waals surface area contributed by atoms with Crippen LogP contribution in [0.25, 0.3) is 0 Å². The molecule has 5 nitrogen and oxygen atoms in total. The van der Waals surface area contributed by atoms with E-state index in [1.807, 2.05) is 57.2 Å². The molecule has 3 rings (SSSR count). The minimum Gasteiger partial charge on any atom is -0.326 e. The van der Waals surface area contributed by atoms with Crippen molar-refractivity contribution in [3.05, 3.63) is 58.7 Å². The number of nitrogens with zero attached hydrogens (tertiary/aromatic N) is 2. The Morgan fingerprint density at radius 3 is 2.50 bits per heavy atom. The standard InChI is InChI=1S/C22H25N3O2S/c1-13-6-9-18(16(4)10-13)24-20(26)12-19-21(27)25(5)22(28-19)23-17-8-7-14(2)15(3)11-17/h6-11,19H,12H2,1-5H3,(H,24,26)/t19-/m0/s1. The highest BCUT2D eigenvalue weighted by molar-refractivity contribution is 8.15. The highest BCUT2D eigenvalue weighted by atomic mass is 32.2. The van der Waals surface area contributed by atoms with Crippen LogP contribution in [0.15, 0.2) is 41.4 Å². The van der Waals surface area contributed by atoms with E-state index in [-0.39, 0.29) is 18.2 Å². The lowest BCUT2D eigenvalue weighted by Crippen LogP contribution is -2.30. The van der Waals surface area contributed by atoms with Gasteiger partial charge >= 0.3 is 0 Å². The predicted octanol–water partition coefficient (Wildman–Crippen LogP) is 4.51. The molecule has 0 aromatic heterocycles. The third-order valence-corrected chi connectivity index (χ3v) is 6.11. The van der Waals surface area contributed by atoms with Crippen LogP contribution in [0.4, 0.5) is 11.4 Å². The molecular formula is C22H25N3O2S. The number of hydrogen-bond acceptors (Lipinski definition) is 4. The zero-order chi connectivity index (χ0) is 20.4. The number of carbonyl (C=O) groups excluding carboxylic acids is 2. The molecule has 1 fully saturated rings. The first-order valence-electron chi connectivity index (χ1n) is 9.22. The van der Waals surface area contributed by atoms with Crippen LogP contribution in [0.3, 0.4) is 0 Å². The van der Waals surface area contributed by atoms with Crippen molar-refractivity contribution in [2.24, 2.45) is 4.99 Å². The molecule has 146 valence electrons.